The van der Waals surface area contributed by atoms with Crippen molar-refractivity contribution in [3.8, 4) is 5.75 Å². The number of halogens is 3. The number of nitrogens with one attached hydrogen (secondary N) is 2. The Labute approximate surface area is 150 Å². The number of benzene rings is 1. The molecule has 4 saturated carbocycles. The number of anilines is 1. The molecule has 142 valence electrons. The van der Waals surface area contributed by atoms with Gasteiger partial charge in [-0.2, -0.15) is 0 Å². The Kier molecular flexibility index (Phi) is 4.28. The molecular formula is C19H23F3N2O2. The molecular weight excluding hydrogens is 345 g/mol. The highest BCUT2D eigenvalue weighted by Gasteiger charge is 2.51. The van der Waals surface area contributed by atoms with E-state index in [2.05, 4.69) is 15.4 Å². The van der Waals surface area contributed by atoms with Gasteiger partial charge in [-0.05, 0) is 68.4 Å². The number of hydrogen-bond donors (Lipinski definition) is 2. The third kappa shape index (κ3) is 3.76. The van der Waals surface area contributed by atoms with Gasteiger partial charge in [0.15, 0.2) is 5.75 Å². The standard InChI is InChI=1S/C19H23F3N2O2/c20-19(21,22)26-16-4-2-1-3-15(16)23-11-17(25)24-18-8-12-5-13(9-18)7-14(6-12)10-18/h1-4,12-14,23H,5-11H2,(H,24,25). The van der Waals surface area contributed by atoms with Crippen LogP contribution in [0.5, 0.6) is 5.75 Å². The minimum absolute atomic E-state index is 0.0695. The van der Waals surface area contributed by atoms with Gasteiger partial charge in [0.05, 0.1) is 12.2 Å². The van der Waals surface area contributed by atoms with Gasteiger partial charge in [-0.3, -0.25) is 4.79 Å². The number of amides is 1. The van der Waals surface area contributed by atoms with Crippen molar-refractivity contribution in [2.45, 2.75) is 50.4 Å². The Bertz CT molecular complexity index is 654. The number of rotatable bonds is 5. The fraction of sp³-hybridized carbons (Fsp3) is 0.632. The molecule has 1 aromatic rings. The highest BCUT2D eigenvalue weighted by molar-refractivity contribution is 5.82. The Morgan fingerprint density at radius 1 is 1.08 bits per heavy atom. The van der Waals surface area contributed by atoms with Crippen molar-refractivity contribution in [2.24, 2.45) is 17.8 Å². The molecule has 4 nitrogen and oxygen atoms in total. The lowest BCUT2D eigenvalue weighted by Gasteiger charge is -2.56. The summed E-state index contributed by atoms with van der Waals surface area (Å²) in [4.78, 5) is 12.5. The van der Waals surface area contributed by atoms with Crippen molar-refractivity contribution in [1.82, 2.24) is 5.32 Å². The molecule has 1 aromatic carbocycles. The number of para-hydroxylation sites is 2. The maximum absolute atomic E-state index is 12.5. The zero-order chi connectivity index (χ0) is 18.4. The van der Waals surface area contributed by atoms with Crippen molar-refractivity contribution in [3.05, 3.63) is 24.3 Å². The van der Waals surface area contributed by atoms with Crippen LogP contribution in [0.25, 0.3) is 0 Å². The highest BCUT2D eigenvalue weighted by Crippen LogP contribution is 2.55. The second-order valence-corrected chi connectivity index (χ2v) is 8.14. The maximum atomic E-state index is 12.5. The second kappa shape index (κ2) is 6.35. The first kappa shape index (κ1) is 17.5. The summed E-state index contributed by atoms with van der Waals surface area (Å²) in [7, 11) is 0. The molecule has 4 bridgehead atoms. The van der Waals surface area contributed by atoms with Crippen molar-refractivity contribution in [3.63, 3.8) is 0 Å². The maximum Gasteiger partial charge on any atom is 0.573 e. The zero-order valence-corrected chi connectivity index (χ0v) is 14.4. The molecule has 26 heavy (non-hydrogen) atoms. The van der Waals surface area contributed by atoms with Gasteiger partial charge in [0.25, 0.3) is 0 Å². The molecule has 0 atom stereocenters. The monoisotopic (exact) mass is 368 g/mol. The molecule has 0 aliphatic heterocycles. The highest BCUT2D eigenvalue weighted by atomic mass is 19.4. The fourth-order valence-electron chi connectivity index (χ4n) is 5.61. The van der Waals surface area contributed by atoms with E-state index in [-0.39, 0.29) is 29.4 Å². The van der Waals surface area contributed by atoms with E-state index in [9.17, 15) is 18.0 Å². The lowest BCUT2D eigenvalue weighted by atomic mass is 9.53. The van der Waals surface area contributed by atoms with Gasteiger partial charge in [0, 0.05) is 5.54 Å². The van der Waals surface area contributed by atoms with Crippen molar-refractivity contribution in [1.29, 1.82) is 0 Å². The first-order valence-corrected chi connectivity index (χ1v) is 9.20. The third-order valence-electron chi connectivity index (χ3n) is 5.99. The quantitative estimate of drug-likeness (QED) is 0.823. The van der Waals surface area contributed by atoms with E-state index < -0.39 is 6.36 Å². The van der Waals surface area contributed by atoms with Crippen LogP contribution < -0.4 is 15.4 Å². The molecule has 4 fully saturated rings. The van der Waals surface area contributed by atoms with Crippen LogP contribution in [0.15, 0.2) is 24.3 Å². The summed E-state index contributed by atoms with van der Waals surface area (Å²) in [5.74, 6) is 1.65. The van der Waals surface area contributed by atoms with Crippen LogP contribution in [0, 0.1) is 17.8 Å². The van der Waals surface area contributed by atoms with Crippen LogP contribution in [0.4, 0.5) is 18.9 Å². The first-order chi connectivity index (χ1) is 12.3. The summed E-state index contributed by atoms with van der Waals surface area (Å²) in [6.45, 7) is -0.0695. The van der Waals surface area contributed by atoms with Gasteiger partial charge < -0.3 is 15.4 Å². The fourth-order valence-corrected chi connectivity index (χ4v) is 5.61. The molecule has 1 amide bonds. The van der Waals surface area contributed by atoms with Crippen LogP contribution in [-0.4, -0.2) is 24.4 Å². The molecule has 5 rings (SSSR count). The Morgan fingerprint density at radius 3 is 2.23 bits per heavy atom. The molecule has 2 N–H and O–H groups in total. The van der Waals surface area contributed by atoms with Gasteiger partial charge in [-0.25, -0.2) is 0 Å². The van der Waals surface area contributed by atoms with Crippen LogP contribution in [0.2, 0.25) is 0 Å². The van der Waals surface area contributed by atoms with Crippen LogP contribution in [0.1, 0.15) is 38.5 Å². The van der Waals surface area contributed by atoms with Crippen LogP contribution in [0.3, 0.4) is 0 Å². The summed E-state index contributed by atoms with van der Waals surface area (Å²) < 4.78 is 41.4. The average Bonchev–Trinajstić information content (AvgIpc) is 2.50. The molecule has 4 aliphatic carbocycles. The largest absolute Gasteiger partial charge is 0.573 e. The Balaban J connectivity index is 1.36. The van der Waals surface area contributed by atoms with Crippen LogP contribution >= 0.6 is 0 Å². The number of hydrogen-bond acceptors (Lipinski definition) is 3. The lowest BCUT2D eigenvalue weighted by Crippen LogP contribution is -2.60. The number of carbonyl (C=O) groups excluding carboxylic acids is 1. The minimum Gasteiger partial charge on any atom is -0.404 e. The van der Waals surface area contributed by atoms with E-state index >= 15 is 0 Å². The molecule has 0 unspecified atom stereocenters. The van der Waals surface area contributed by atoms with Gasteiger partial charge in [-0.1, -0.05) is 12.1 Å². The van der Waals surface area contributed by atoms with Gasteiger partial charge in [0.1, 0.15) is 0 Å². The smallest absolute Gasteiger partial charge is 0.404 e. The molecule has 4 aliphatic rings. The minimum atomic E-state index is -4.76. The zero-order valence-electron chi connectivity index (χ0n) is 14.4. The summed E-state index contributed by atoms with van der Waals surface area (Å²) in [6.07, 6.45) is 2.22. The molecule has 0 saturated heterocycles. The van der Waals surface area contributed by atoms with E-state index in [1.54, 1.807) is 6.07 Å². The number of alkyl halides is 3. The summed E-state index contributed by atoms with van der Waals surface area (Å²) in [5.41, 5.74) is 0.0562. The Morgan fingerprint density at radius 2 is 1.65 bits per heavy atom. The van der Waals surface area contributed by atoms with E-state index in [1.807, 2.05) is 0 Å². The number of ether oxygens (including phenoxy) is 1. The normalized spacial score (nSPS) is 32.3. The number of carbonyl (C=O) groups is 1. The first-order valence-electron chi connectivity index (χ1n) is 9.20. The van der Waals surface area contributed by atoms with Gasteiger partial charge in [-0.15, -0.1) is 13.2 Å². The molecule has 0 aromatic heterocycles. The molecule has 7 heteroatoms. The SMILES string of the molecule is O=C(CNc1ccccc1OC(F)(F)F)NC12CC3CC(CC(C3)C1)C2. The molecule has 0 radical (unpaired) electrons. The Hall–Kier alpha value is -1.92. The van der Waals surface area contributed by atoms with E-state index in [1.165, 1.54) is 37.5 Å². The topological polar surface area (TPSA) is 50.4 Å². The van der Waals surface area contributed by atoms with E-state index in [4.69, 9.17) is 0 Å². The van der Waals surface area contributed by atoms with Crippen LogP contribution in [-0.2, 0) is 4.79 Å². The van der Waals surface area contributed by atoms with Crippen molar-refractivity contribution in [2.75, 3.05) is 11.9 Å². The summed E-state index contributed by atoms with van der Waals surface area (Å²) in [5, 5.41) is 5.98. The predicted molar refractivity (Wildman–Crippen MR) is 90.7 cm³/mol. The van der Waals surface area contributed by atoms with Gasteiger partial charge in [0.2, 0.25) is 5.91 Å². The van der Waals surface area contributed by atoms with E-state index in [0.29, 0.717) is 0 Å². The second-order valence-electron chi connectivity index (χ2n) is 8.14. The molecule has 0 spiro atoms. The summed E-state index contributed by atoms with van der Waals surface area (Å²) in [6, 6.07) is 5.76. The summed E-state index contributed by atoms with van der Waals surface area (Å²) >= 11 is 0. The van der Waals surface area contributed by atoms with Crippen molar-refractivity contribution < 1.29 is 22.7 Å². The average molecular weight is 368 g/mol. The predicted octanol–water partition coefficient (Wildman–Crippen LogP) is 4.08. The lowest BCUT2D eigenvalue weighted by molar-refractivity contribution is -0.274. The molecule has 0 heterocycles. The third-order valence-corrected chi connectivity index (χ3v) is 5.99. The van der Waals surface area contributed by atoms with Gasteiger partial charge >= 0.3 is 6.36 Å². The van der Waals surface area contributed by atoms with Crippen molar-refractivity contribution >= 4 is 11.6 Å². The van der Waals surface area contributed by atoms with E-state index in [0.717, 1.165) is 37.0 Å².